The molecule has 1 unspecified atom stereocenters. The second-order valence-corrected chi connectivity index (χ2v) is 4.80. The van der Waals surface area contributed by atoms with Crippen LogP contribution in [0, 0.1) is 0 Å². The maximum atomic E-state index is 12.4. The molecule has 1 aliphatic rings. The van der Waals surface area contributed by atoms with Crippen LogP contribution in [0.2, 0.25) is 0 Å². The van der Waals surface area contributed by atoms with Gasteiger partial charge in [0.2, 0.25) is 0 Å². The van der Waals surface area contributed by atoms with Crippen molar-refractivity contribution in [1.82, 2.24) is 5.43 Å². The summed E-state index contributed by atoms with van der Waals surface area (Å²) in [5.41, 5.74) is 8.15. The second kappa shape index (κ2) is 5.76. The topological polar surface area (TPSA) is 56.7 Å². The molecule has 0 aromatic heterocycles. The Morgan fingerprint density at radius 3 is 2.33 bits per heavy atom. The number of carbonyl (C=O) groups excluding carboxylic acids is 1. The first kappa shape index (κ1) is 13.3. The van der Waals surface area contributed by atoms with Crippen molar-refractivity contribution in [3.8, 4) is 0 Å². The number of hydrazone groups is 1. The quantitative estimate of drug-likeness (QED) is 0.849. The molecule has 21 heavy (non-hydrogen) atoms. The van der Waals surface area contributed by atoms with Gasteiger partial charge >= 0.3 is 0 Å². The van der Waals surface area contributed by atoms with E-state index in [1.807, 2.05) is 67.6 Å². The molecular formula is C16H16N4O. The van der Waals surface area contributed by atoms with Crippen LogP contribution in [0.1, 0.15) is 6.92 Å². The molecule has 1 heterocycles. The molecule has 0 radical (unpaired) electrons. The molecule has 2 aromatic carbocycles. The molecule has 5 heteroatoms. The normalized spacial score (nSPS) is 20.0. The van der Waals surface area contributed by atoms with Crippen LogP contribution >= 0.6 is 0 Å². The second-order valence-electron chi connectivity index (χ2n) is 4.80. The third-order valence-corrected chi connectivity index (χ3v) is 3.25. The Kier molecular flexibility index (Phi) is 3.66. The number of hydrogen-bond donors (Lipinski definition) is 2. The first-order valence-electron chi connectivity index (χ1n) is 6.80. The zero-order valence-electron chi connectivity index (χ0n) is 11.7. The fourth-order valence-corrected chi connectivity index (χ4v) is 2.16. The molecule has 1 atom stereocenters. The van der Waals surface area contributed by atoms with Crippen LogP contribution in [-0.2, 0) is 4.79 Å². The van der Waals surface area contributed by atoms with Crippen LogP contribution in [0.15, 0.2) is 65.8 Å². The highest BCUT2D eigenvalue weighted by atomic mass is 16.2. The number of hydrogen-bond acceptors (Lipinski definition) is 4. The molecule has 0 aliphatic carbocycles. The number of nitrogens with one attached hydrogen (secondary N) is 2. The van der Waals surface area contributed by atoms with E-state index in [2.05, 4.69) is 16.0 Å². The number of rotatable bonds is 3. The fraction of sp³-hybridized carbons (Fsp3) is 0.125. The smallest absolute Gasteiger partial charge is 0.278 e. The number of hydrazine groups is 1. The van der Waals surface area contributed by atoms with Crippen molar-refractivity contribution in [2.45, 2.75) is 13.0 Å². The van der Waals surface area contributed by atoms with Crippen LogP contribution in [0.3, 0.4) is 0 Å². The van der Waals surface area contributed by atoms with Gasteiger partial charge in [-0.15, -0.1) is 0 Å². The van der Waals surface area contributed by atoms with E-state index in [1.54, 1.807) is 0 Å². The molecule has 1 fully saturated rings. The molecule has 0 bridgehead atoms. The van der Waals surface area contributed by atoms with Crippen molar-refractivity contribution in [3.63, 3.8) is 0 Å². The number of anilines is 2. The van der Waals surface area contributed by atoms with E-state index in [0.717, 1.165) is 11.4 Å². The summed E-state index contributed by atoms with van der Waals surface area (Å²) in [6.07, 6.45) is 0. The van der Waals surface area contributed by atoms with Crippen molar-refractivity contribution in [1.29, 1.82) is 0 Å². The van der Waals surface area contributed by atoms with Gasteiger partial charge in [0.15, 0.2) is 0 Å². The van der Waals surface area contributed by atoms with Crippen LogP contribution in [-0.4, -0.2) is 17.7 Å². The van der Waals surface area contributed by atoms with E-state index in [0.29, 0.717) is 5.71 Å². The number of nitrogens with zero attached hydrogens (tertiary/aromatic N) is 2. The van der Waals surface area contributed by atoms with Crippen molar-refractivity contribution < 1.29 is 4.79 Å². The van der Waals surface area contributed by atoms with Gasteiger partial charge in [0.1, 0.15) is 5.71 Å². The minimum Gasteiger partial charge on any atom is -0.278 e. The number of para-hydroxylation sites is 2. The van der Waals surface area contributed by atoms with Gasteiger partial charge in [-0.2, -0.15) is 5.10 Å². The Morgan fingerprint density at radius 1 is 1.05 bits per heavy atom. The Labute approximate surface area is 123 Å². The third kappa shape index (κ3) is 2.78. The molecule has 1 aliphatic heterocycles. The SMILES string of the molecule is CC1NN(c2ccccc2)C(=O)C1=NNc1ccccc1. The fourth-order valence-electron chi connectivity index (χ4n) is 2.16. The average Bonchev–Trinajstić information content (AvgIpc) is 2.82. The number of benzene rings is 2. The molecule has 2 N–H and O–H groups in total. The predicted molar refractivity (Wildman–Crippen MR) is 84.0 cm³/mol. The Morgan fingerprint density at radius 2 is 1.67 bits per heavy atom. The van der Waals surface area contributed by atoms with E-state index in [1.165, 1.54) is 5.01 Å². The zero-order chi connectivity index (χ0) is 14.7. The maximum Gasteiger partial charge on any atom is 0.290 e. The van der Waals surface area contributed by atoms with Gasteiger partial charge in [-0.25, -0.2) is 10.4 Å². The predicted octanol–water partition coefficient (Wildman–Crippen LogP) is 2.39. The van der Waals surface area contributed by atoms with Gasteiger partial charge in [0.25, 0.3) is 5.91 Å². The lowest BCUT2D eigenvalue weighted by atomic mass is 10.2. The average molecular weight is 280 g/mol. The first-order chi connectivity index (χ1) is 10.3. The Bertz CT molecular complexity index is 654. The highest BCUT2D eigenvalue weighted by Crippen LogP contribution is 2.17. The lowest BCUT2D eigenvalue weighted by molar-refractivity contribution is -0.112. The summed E-state index contributed by atoms with van der Waals surface area (Å²) in [7, 11) is 0. The molecule has 0 spiro atoms. The summed E-state index contributed by atoms with van der Waals surface area (Å²) in [6, 6.07) is 18.9. The molecule has 106 valence electrons. The molecular weight excluding hydrogens is 264 g/mol. The highest BCUT2D eigenvalue weighted by Gasteiger charge is 2.34. The minimum absolute atomic E-state index is 0.142. The summed E-state index contributed by atoms with van der Waals surface area (Å²) >= 11 is 0. The lowest BCUT2D eigenvalue weighted by Gasteiger charge is -2.15. The van der Waals surface area contributed by atoms with E-state index in [9.17, 15) is 4.79 Å². The maximum absolute atomic E-state index is 12.4. The van der Waals surface area contributed by atoms with Gasteiger partial charge in [0.05, 0.1) is 17.4 Å². The van der Waals surface area contributed by atoms with Crippen molar-refractivity contribution in [2.75, 3.05) is 10.4 Å². The summed E-state index contributed by atoms with van der Waals surface area (Å²) < 4.78 is 0. The molecule has 1 amide bonds. The summed E-state index contributed by atoms with van der Waals surface area (Å²) in [5, 5.41) is 5.77. The van der Waals surface area contributed by atoms with Crippen LogP contribution in [0.25, 0.3) is 0 Å². The summed E-state index contributed by atoms with van der Waals surface area (Å²) in [5.74, 6) is -0.142. The van der Waals surface area contributed by atoms with Crippen molar-refractivity contribution >= 4 is 23.0 Å². The van der Waals surface area contributed by atoms with E-state index < -0.39 is 0 Å². The van der Waals surface area contributed by atoms with Crippen LogP contribution in [0.5, 0.6) is 0 Å². The van der Waals surface area contributed by atoms with E-state index >= 15 is 0 Å². The van der Waals surface area contributed by atoms with Crippen molar-refractivity contribution in [2.24, 2.45) is 5.10 Å². The van der Waals surface area contributed by atoms with Gasteiger partial charge in [-0.05, 0) is 31.2 Å². The van der Waals surface area contributed by atoms with Gasteiger partial charge < -0.3 is 0 Å². The zero-order valence-corrected chi connectivity index (χ0v) is 11.7. The van der Waals surface area contributed by atoms with E-state index in [4.69, 9.17) is 0 Å². The lowest BCUT2D eigenvalue weighted by Crippen LogP contribution is -2.36. The van der Waals surface area contributed by atoms with E-state index in [-0.39, 0.29) is 11.9 Å². The molecule has 3 rings (SSSR count). The standard InChI is InChI=1S/C16H16N4O/c1-12-15(18-17-13-8-4-2-5-9-13)16(21)20(19-12)14-10-6-3-7-11-14/h2-12,17,19H,1H3. The van der Waals surface area contributed by atoms with Gasteiger partial charge in [0, 0.05) is 0 Å². The number of carbonyl (C=O) groups is 1. The molecule has 5 nitrogen and oxygen atoms in total. The molecule has 1 saturated heterocycles. The van der Waals surface area contributed by atoms with Gasteiger partial charge in [-0.1, -0.05) is 36.4 Å². The Balaban J connectivity index is 1.79. The monoisotopic (exact) mass is 280 g/mol. The van der Waals surface area contributed by atoms with Crippen molar-refractivity contribution in [3.05, 3.63) is 60.7 Å². The number of amides is 1. The van der Waals surface area contributed by atoms with Gasteiger partial charge in [-0.3, -0.25) is 10.2 Å². The molecule has 0 saturated carbocycles. The minimum atomic E-state index is -0.145. The summed E-state index contributed by atoms with van der Waals surface area (Å²) in [6.45, 7) is 1.91. The first-order valence-corrected chi connectivity index (χ1v) is 6.80. The Hall–Kier alpha value is -2.66. The largest absolute Gasteiger partial charge is 0.290 e. The van der Waals surface area contributed by atoms with Crippen LogP contribution in [0.4, 0.5) is 11.4 Å². The molecule has 2 aromatic rings. The van der Waals surface area contributed by atoms with Crippen LogP contribution < -0.4 is 15.9 Å². The third-order valence-electron chi connectivity index (χ3n) is 3.25. The summed E-state index contributed by atoms with van der Waals surface area (Å²) in [4.78, 5) is 12.4. The highest BCUT2D eigenvalue weighted by molar-refractivity contribution is 6.47.